The molecule has 0 spiro atoms. The number of rotatable bonds is 11. The lowest BCUT2D eigenvalue weighted by Crippen LogP contribution is -2.11. The Balaban J connectivity index is 0.987. The van der Waals surface area contributed by atoms with Gasteiger partial charge in [0.2, 0.25) is 0 Å². The molecule has 2 heterocycles. The molecule has 0 fully saturated rings. The Morgan fingerprint density at radius 1 is 0.221 bits per heavy atom. The van der Waals surface area contributed by atoms with Crippen LogP contribution in [0.25, 0.3) is 66.8 Å². The van der Waals surface area contributed by atoms with Crippen LogP contribution in [0.3, 0.4) is 0 Å². The number of hydrogen-bond acceptors (Lipinski definition) is 2. The molecular formula is C64H46N4. The molecule has 0 unspecified atom stereocenters. The van der Waals surface area contributed by atoms with Crippen LogP contribution in [0.15, 0.2) is 279 Å². The Hall–Kier alpha value is -9.12. The molecule has 0 bridgehead atoms. The molecule has 0 radical (unpaired) electrons. The van der Waals surface area contributed by atoms with Gasteiger partial charge in [-0.3, -0.25) is 0 Å². The van der Waals surface area contributed by atoms with Gasteiger partial charge in [0.25, 0.3) is 0 Å². The number of anilines is 6. The molecule has 322 valence electrons. The van der Waals surface area contributed by atoms with E-state index in [0.717, 1.165) is 90.2 Å². The van der Waals surface area contributed by atoms with Crippen LogP contribution < -0.4 is 9.80 Å². The molecule has 0 saturated heterocycles. The van der Waals surface area contributed by atoms with Gasteiger partial charge in [0.1, 0.15) is 0 Å². The molecule has 0 N–H and O–H groups in total. The summed E-state index contributed by atoms with van der Waals surface area (Å²) >= 11 is 0. The van der Waals surface area contributed by atoms with Crippen molar-refractivity contribution in [2.75, 3.05) is 9.80 Å². The van der Waals surface area contributed by atoms with Crippen LogP contribution in [-0.2, 0) is 0 Å². The first-order valence-corrected chi connectivity index (χ1v) is 23.2. The van der Waals surface area contributed by atoms with E-state index in [0.29, 0.717) is 0 Å². The number of hydrogen-bond donors (Lipinski definition) is 0. The van der Waals surface area contributed by atoms with E-state index in [1.807, 2.05) is 0 Å². The maximum absolute atomic E-state index is 2.42. The summed E-state index contributed by atoms with van der Waals surface area (Å²) in [5.41, 5.74) is 17.9. The summed E-state index contributed by atoms with van der Waals surface area (Å²) in [5.74, 6) is 0. The summed E-state index contributed by atoms with van der Waals surface area (Å²) in [4.78, 5) is 4.84. The average Bonchev–Trinajstić information content (AvgIpc) is 3.94. The van der Waals surface area contributed by atoms with Crippen LogP contribution >= 0.6 is 0 Å². The van der Waals surface area contributed by atoms with E-state index in [-0.39, 0.29) is 0 Å². The fourth-order valence-electron chi connectivity index (χ4n) is 9.89. The molecule has 0 aliphatic carbocycles. The van der Waals surface area contributed by atoms with Crippen molar-refractivity contribution in [3.05, 3.63) is 279 Å². The zero-order valence-electron chi connectivity index (χ0n) is 37.3. The van der Waals surface area contributed by atoms with E-state index in [4.69, 9.17) is 0 Å². The molecule has 0 atom stereocenters. The van der Waals surface area contributed by atoms with Crippen molar-refractivity contribution in [3.63, 3.8) is 0 Å². The summed E-state index contributed by atoms with van der Waals surface area (Å²) in [6, 6.07) is 100. The second kappa shape index (κ2) is 17.7. The van der Waals surface area contributed by atoms with E-state index in [1.54, 1.807) is 0 Å². The van der Waals surface area contributed by atoms with Gasteiger partial charge in [0, 0.05) is 56.0 Å². The first-order valence-electron chi connectivity index (χ1n) is 23.2. The normalized spacial score (nSPS) is 11.2. The van der Waals surface area contributed by atoms with Crippen LogP contribution in [0.4, 0.5) is 34.1 Å². The third-order valence-corrected chi connectivity index (χ3v) is 12.9. The predicted molar refractivity (Wildman–Crippen MR) is 286 cm³/mol. The molecule has 12 rings (SSSR count). The van der Waals surface area contributed by atoms with Gasteiger partial charge >= 0.3 is 0 Å². The Kier molecular flexibility index (Phi) is 10.5. The van der Waals surface area contributed by atoms with Gasteiger partial charge < -0.3 is 18.9 Å². The Labute approximate surface area is 397 Å². The van der Waals surface area contributed by atoms with Gasteiger partial charge in [-0.2, -0.15) is 0 Å². The minimum absolute atomic E-state index is 1.07. The number of aromatic nitrogens is 2. The summed E-state index contributed by atoms with van der Waals surface area (Å²) in [6.45, 7) is 0. The lowest BCUT2D eigenvalue weighted by atomic mass is 10.0. The highest BCUT2D eigenvalue weighted by Gasteiger charge is 2.28. The van der Waals surface area contributed by atoms with Crippen molar-refractivity contribution < 1.29 is 0 Å². The molecule has 0 aliphatic heterocycles. The second-order valence-electron chi connectivity index (χ2n) is 16.9. The highest BCUT2D eigenvalue weighted by atomic mass is 15.2. The SMILES string of the molecule is c1ccc(-c2c(N(c3ccccc3)c3ccc(-c4ccc(N(c5ccccc5)c5c(-c6ccccc6)n(-c6ccccc6)c6ccccc56)cc4)cc3)c3ccccc3n2-c2ccccc2)cc1. The molecule has 2 aromatic heterocycles. The monoisotopic (exact) mass is 870 g/mol. The summed E-state index contributed by atoms with van der Waals surface area (Å²) in [7, 11) is 0. The number of para-hydroxylation sites is 6. The molecule has 0 saturated carbocycles. The number of nitrogens with zero attached hydrogens (tertiary/aromatic N) is 4. The summed E-state index contributed by atoms with van der Waals surface area (Å²) < 4.78 is 4.82. The summed E-state index contributed by atoms with van der Waals surface area (Å²) in [5, 5.41) is 2.34. The van der Waals surface area contributed by atoms with Crippen LogP contribution in [0.2, 0.25) is 0 Å². The number of benzene rings is 10. The van der Waals surface area contributed by atoms with Crippen LogP contribution in [0, 0.1) is 0 Å². The minimum atomic E-state index is 1.07. The molecule has 4 nitrogen and oxygen atoms in total. The maximum Gasteiger partial charge on any atom is 0.0802 e. The van der Waals surface area contributed by atoms with Crippen molar-refractivity contribution in [3.8, 4) is 45.0 Å². The van der Waals surface area contributed by atoms with Gasteiger partial charge in [-0.25, -0.2) is 0 Å². The molecule has 0 amide bonds. The van der Waals surface area contributed by atoms with Crippen LogP contribution in [-0.4, -0.2) is 9.13 Å². The molecular weight excluding hydrogens is 825 g/mol. The molecule has 68 heavy (non-hydrogen) atoms. The number of fused-ring (bicyclic) bond motifs is 2. The van der Waals surface area contributed by atoms with Gasteiger partial charge in [-0.1, -0.05) is 194 Å². The Morgan fingerprint density at radius 2 is 0.500 bits per heavy atom. The van der Waals surface area contributed by atoms with Gasteiger partial charge in [0.05, 0.1) is 33.8 Å². The first-order chi connectivity index (χ1) is 33.8. The van der Waals surface area contributed by atoms with Crippen molar-refractivity contribution in [1.29, 1.82) is 0 Å². The topological polar surface area (TPSA) is 16.3 Å². The van der Waals surface area contributed by atoms with Crippen molar-refractivity contribution >= 4 is 55.9 Å². The van der Waals surface area contributed by atoms with Crippen molar-refractivity contribution in [2.24, 2.45) is 0 Å². The molecule has 12 aromatic rings. The minimum Gasteiger partial charge on any atom is -0.308 e. The third-order valence-electron chi connectivity index (χ3n) is 12.9. The highest BCUT2D eigenvalue weighted by Crippen LogP contribution is 2.50. The van der Waals surface area contributed by atoms with E-state index in [1.165, 1.54) is 10.8 Å². The smallest absolute Gasteiger partial charge is 0.0802 e. The standard InChI is InChI=1S/C64H46N4/c1-7-23-49(24-8-1)61-63(57-35-19-21-37-59(57)67(61)53-31-15-5-16-32-53)65(51-27-11-3-12-28-51)55-43-39-47(40-44-55)48-41-45-56(46-42-48)66(52-29-13-4-14-30-52)64-58-36-20-22-38-60(58)68(54-33-17-6-18-34-54)62(64)50-25-9-2-10-26-50/h1-46H. The molecule has 10 aromatic carbocycles. The van der Waals surface area contributed by atoms with E-state index in [2.05, 4.69) is 298 Å². The van der Waals surface area contributed by atoms with Gasteiger partial charge in [-0.15, -0.1) is 0 Å². The zero-order valence-corrected chi connectivity index (χ0v) is 37.3. The second-order valence-corrected chi connectivity index (χ2v) is 16.9. The predicted octanol–water partition coefficient (Wildman–Crippen LogP) is 17.5. The van der Waals surface area contributed by atoms with E-state index < -0.39 is 0 Å². The van der Waals surface area contributed by atoms with Crippen molar-refractivity contribution in [2.45, 2.75) is 0 Å². The fourth-order valence-corrected chi connectivity index (χ4v) is 9.89. The zero-order chi connectivity index (χ0) is 45.2. The quantitative estimate of drug-likeness (QED) is 0.129. The third kappa shape index (κ3) is 7.22. The molecule has 4 heteroatoms. The van der Waals surface area contributed by atoms with E-state index >= 15 is 0 Å². The van der Waals surface area contributed by atoms with Crippen LogP contribution in [0.1, 0.15) is 0 Å². The summed E-state index contributed by atoms with van der Waals surface area (Å²) in [6.07, 6.45) is 0. The van der Waals surface area contributed by atoms with Crippen LogP contribution in [0.5, 0.6) is 0 Å². The van der Waals surface area contributed by atoms with Gasteiger partial charge in [0.15, 0.2) is 0 Å². The van der Waals surface area contributed by atoms with Crippen molar-refractivity contribution in [1.82, 2.24) is 9.13 Å². The molecule has 0 aliphatic rings. The Morgan fingerprint density at radius 3 is 0.853 bits per heavy atom. The van der Waals surface area contributed by atoms with E-state index in [9.17, 15) is 0 Å². The first kappa shape index (κ1) is 40.4. The fraction of sp³-hybridized carbons (Fsp3) is 0. The lowest BCUT2D eigenvalue weighted by Gasteiger charge is -2.28. The largest absolute Gasteiger partial charge is 0.308 e. The Bertz CT molecular complexity index is 3380. The van der Waals surface area contributed by atoms with Gasteiger partial charge in [-0.05, 0) is 96.1 Å². The maximum atomic E-state index is 2.42. The lowest BCUT2D eigenvalue weighted by molar-refractivity contribution is 1.13. The average molecular weight is 871 g/mol. The highest BCUT2D eigenvalue weighted by molar-refractivity contribution is 6.09.